The van der Waals surface area contributed by atoms with E-state index in [0.717, 1.165) is 29.5 Å². The van der Waals surface area contributed by atoms with Gasteiger partial charge < -0.3 is 4.74 Å². The van der Waals surface area contributed by atoms with E-state index in [1.165, 1.54) is 0 Å². The molecule has 0 N–H and O–H groups in total. The summed E-state index contributed by atoms with van der Waals surface area (Å²) < 4.78 is 31.3. The molecule has 1 heterocycles. The van der Waals surface area contributed by atoms with Crippen molar-refractivity contribution in [1.29, 1.82) is 0 Å². The molecule has 0 aliphatic carbocycles. The number of aromatic nitrogens is 1. The molecule has 0 saturated carbocycles. The van der Waals surface area contributed by atoms with Gasteiger partial charge >= 0.3 is 0 Å². The van der Waals surface area contributed by atoms with Gasteiger partial charge in [-0.2, -0.15) is 0 Å². The van der Waals surface area contributed by atoms with Gasteiger partial charge in [0.25, 0.3) is 0 Å². The molecule has 94 valence electrons. The molecule has 1 aromatic heterocycles. The zero-order chi connectivity index (χ0) is 13.1. The third-order valence-electron chi connectivity index (χ3n) is 2.20. The second-order valence-electron chi connectivity index (χ2n) is 3.80. The highest BCUT2D eigenvalue weighted by atomic mass is 35.5. The molecule has 0 radical (unpaired) electrons. The van der Waals surface area contributed by atoms with Crippen LogP contribution in [0.4, 0.5) is 8.78 Å². The van der Waals surface area contributed by atoms with Gasteiger partial charge in [-0.1, -0.05) is 0 Å². The first kappa shape index (κ1) is 12.8. The predicted octanol–water partition coefficient (Wildman–Crippen LogP) is 4.20. The van der Waals surface area contributed by atoms with Crippen molar-refractivity contribution in [2.24, 2.45) is 0 Å². The van der Waals surface area contributed by atoms with Crippen molar-refractivity contribution < 1.29 is 13.5 Å². The zero-order valence-electron chi connectivity index (χ0n) is 9.58. The van der Waals surface area contributed by atoms with Crippen LogP contribution in [-0.2, 0) is 5.88 Å². The number of alkyl halides is 1. The van der Waals surface area contributed by atoms with Crippen molar-refractivity contribution in [3.63, 3.8) is 0 Å². The van der Waals surface area contributed by atoms with Crippen LogP contribution in [0.1, 0.15) is 11.3 Å². The summed E-state index contributed by atoms with van der Waals surface area (Å²) in [5.41, 5.74) is 1.55. The fraction of sp³-hybridized carbons (Fsp3) is 0.154. The summed E-state index contributed by atoms with van der Waals surface area (Å²) in [4.78, 5) is 4.11. The number of ether oxygens (including phenoxy) is 1. The van der Waals surface area contributed by atoms with Crippen LogP contribution in [-0.4, -0.2) is 4.98 Å². The van der Waals surface area contributed by atoms with E-state index in [9.17, 15) is 8.78 Å². The lowest BCUT2D eigenvalue weighted by molar-refractivity contribution is 0.450. The van der Waals surface area contributed by atoms with Crippen molar-refractivity contribution in [2.75, 3.05) is 0 Å². The van der Waals surface area contributed by atoms with Crippen LogP contribution in [0.25, 0.3) is 0 Å². The van der Waals surface area contributed by atoms with Gasteiger partial charge in [-0.15, -0.1) is 11.6 Å². The number of rotatable bonds is 3. The highest BCUT2D eigenvalue weighted by molar-refractivity contribution is 6.17. The maximum atomic E-state index is 13.0. The molecule has 0 saturated heterocycles. The molecule has 18 heavy (non-hydrogen) atoms. The molecule has 0 aliphatic heterocycles. The maximum Gasteiger partial charge on any atom is 0.219 e. The quantitative estimate of drug-likeness (QED) is 0.779. The first-order chi connectivity index (χ1) is 8.56. The Balaban J connectivity index is 2.30. The lowest BCUT2D eigenvalue weighted by atomic mass is 10.2. The van der Waals surface area contributed by atoms with Gasteiger partial charge in [-0.3, -0.25) is 0 Å². The zero-order valence-corrected chi connectivity index (χ0v) is 10.3. The summed E-state index contributed by atoms with van der Waals surface area (Å²) in [5, 5.41) is 0. The molecule has 0 atom stereocenters. The summed E-state index contributed by atoms with van der Waals surface area (Å²) >= 11 is 5.72. The minimum Gasteiger partial charge on any atom is -0.439 e. The lowest BCUT2D eigenvalue weighted by Crippen LogP contribution is -1.93. The molecule has 0 spiro atoms. The molecular formula is C13H10ClF2NO. The SMILES string of the molecule is Cc1cc(CCl)cc(Oc2cc(F)cc(F)c2)n1. The largest absolute Gasteiger partial charge is 0.439 e. The van der Waals surface area contributed by atoms with Crippen LogP contribution < -0.4 is 4.74 Å². The van der Waals surface area contributed by atoms with E-state index in [1.807, 2.05) is 6.07 Å². The Bertz CT molecular complexity index is 555. The van der Waals surface area contributed by atoms with Gasteiger partial charge in [-0.25, -0.2) is 13.8 Å². The van der Waals surface area contributed by atoms with Crippen molar-refractivity contribution in [3.8, 4) is 11.6 Å². The molecule has 0 bridgehead atoms. The second kappa shape index (κ2) is 5.31. The van der Waals surface area contributed by atoms with Crippen molar-refractivity contribution in [1.82, 2.24) is 4.98 Å². The van der Waals surface area contributed by atoms with Crippen LogP contribution in [0, 0.1) is 18.6 Å². The molecule has 2 nitrogen and oxygen atoms in total. The molecule has 0 amide bonds. The van der Waals surface area contributed by atoms with Crippen LogP contribution in [0.15, 0.2) is 30.3 Å². The molecule has 0 aliphatic rings. The summed E-state index contributed by atoms with van der Waals surface area (Å²) in [5.74, 6) is -0.760. The number of aryl methyl sites for hydroxylation is 1. The predicted molar refractivity (Wildman–Crippen MR) is 65.0 cm³/mol. The highest BCUT2D eigenvalue weighted by Gasteiger charge is 2.05. The topological polar surface area (TPSA) is 22.1 Å². The maximum absolute atomic E-state index is 13.0. The van der Waals surface area contributed by atoms with Crippen LogP contribution in [0.2, 0.25) is 0 Å². The third-order valence-corrected chi connectivity index (χ3v) is 2.51. The standard InChI is InChI=1S/C13H10ClF2NO/c1-8-2-9(7-14)3-13(17-8)18-12-5-10(15)4-11(16)6-12/h2-6H,7H2,1H3. The average Bonchev–Trinajstić information content (AvgIpc) is 2.26. The number of hydrogen-bond acceptors (Lipinski definition) is 2. The third kappa shape index (κ3) is 3.17. The Morgan fingerprint density at radius 2 is 1.78 bits per heavy atom. The molecule has 1 aromatic carbocycles. The summed E-state index contributed by atoms with van der Waals surface area (Å²) in [6.45, 7) is 1.79. The van der Waals surface area contributed by atoms with Gasteiger partial charge in [0.1, 0.15) is 17.4 Å². The van der Waals surface area contributed by atoms with Gasteiger partial charge in [0.2, 0.25) is 5.88 Å². The highest BCUT2D eigenvalue weighted by Crippen LogP contribution is 2.23. The normalized spacial score (nSPS) is 10.4. The monoisotopic (exact) mass is 269 g/mol. The first-order valence-corrected chi connectivity index (χ1v) is 5.78. The smallest absolute Gasteiger partial charge is 0.219 e. The van der Waals surface area contributed by atoms with Crippen molar-refractivity contribution in [2.45, 2.75) is 12.8 Å². The van der Waals surface area contributed by atoms with E-state index >= 15 is 0 Å². The first-order valence-electron chi connectivity index (χ1n) is 5.24. The number of halogens is 3. The van der Waals surface area contributed by atoms with E-state index in [4.69, 9.17) is 16.3 Å². The van der Waals surface area contributed by atoms with E-state index in [1.54, 1.807) is 13.0 Å². The minimum absolute atomic E-state index is 0.0612. The summed E-state index contributed by atoms with van der Waals surface area (Å²) in [6, 6.07) is 6.40. The van der Waals surface area contributed by atoms with E-state index < -0.39 is 11.6 Å². The second-order valence-corrected chi connectivity index (χ2v) is 4.06. The molecule has 2 aromatic rings. The number of hydrogen-bond donors (Lipinski definition) is 0. The van der Waals surface area contributed by atoms with Crippen LogP contribution in [0.5, 0.6) is 11.6 Å². The number of benzene rings is 1. The van der Waals surface area contributed by atoms with Crippen LogP contribution in [0.3, 0.4) is 0 Å². The van der Waals surface area contributed by atoms with Crippen LogP contribution >= 0.6 is 11.6 Å². The fourth-order valence-corrected chi connectivity index (χ4v) is 1.70. The van der Waals surface area contributed by atoms with E-state index in [2.05, 4.69) is 4.98 Å². The molecule has 0 fully saturated rings. The fourth-order valence-electron chi connectivity index (χ4n) is 1.54. The molecule has 2 rings (SSSR count). The van der Waals surface area contributed by atoms with E-state index in [0.29, 0.717) is 5.88 Å². The Morgan fingerprint density at radius 3 is 2.39 bits per heavy atom. The van der Waals surface area contributed by atoms with Gasteiger partial charge in [0, 0.05) is 35.8 Å². The minimum atomic E-state index is -0.699. The average molecular weight is 270 g/mol. The Morgan fingerprint density at radius 1 is 1.11 bits per heavy atom. The van der Waals surface area contributed by atoms with Gasteiger partial charge in [0.15, 0.2) is 0 Å². The molecular weight excluding hydrogens is 260 g/mol. The van der Waals surface area contributed by atoms with Crippen molar-refractivity contribution >= 4 is 11.6 Å². The molecule has 0 unspecified atom stereocenters. The Hall–Kier alpha value is -1.68. The number of pyridine rings is 1. The van der Waals surface area contributed by atoms with Gasteiger partial charge in [0.05, 0.1) is 0 Å². The summed E-state index contributed by atoms with van der Waals surface area (Å²) in [6.07, 6.45) is 0. The van der Waals surface area contributed by atoms with Crippen molar-refractivity contribution in [3.05, 3.63) is 53.2 Å². The Labute approximate surface area is 108 Å². The lowest BCUT2D eigenvalue weighted by Gasteiger charge is -2.07. The summed E-state index contributed by atoms with van der Waals surface area (Å²) in [7, 11) is 0. The Kier molecular flexibility index (Phi) is 3.77. The van der Waals surface area contributed by atoms with E-state index in [-0.39, 0.29) is 11.6 Å². The van der Waals surface area contributed by atoms with Gasteiger partial charge in [-0.05, 0) is 18.6 Å². The number of nitrogens with zero attached hydrogens (tertiary/aromatic N) is 1. The molecule has 5 heteroatoms.